The minimum absolute atomic E-state index is 0.116. The SMILES string of the molecule is CN1CCN(C(=O)Cc2ccc(N/C(=C3\C(=O)Nc4cc(Cl)ccc43)c3ccc4[nH]c(=O)oc4c3)cc2)CC1. The van der Waals surface area contributed by atoms with Crippen molar-refractivity contribution in [2.24, 2.45) is 0 Å². The Morgan fingerprint density at radius 1 is 1.00 bits per heavy atom. The van der Waals surface area contributed by atoms with Crippen LogP contribution < -0.4 is 16.4 Å². The van der Waals surface area contributed by atoms with Crippen LogP contribution in [0.25, 0.3) is 22.4 Å². The quantitative estimate of drug-likeness (QED) is 0.328. The van der Waals surface area contributed by atoms with E-state index in [9.17, 15) is 14.4 Å². The molecule has 3 aromatic carbocycles. The Kier molecular flexibility index (Phi) is 6.46. The lowest BCUT2D eigenvalue weighted by Crippen LogP contribution is -2.47. The summed E-state index contributed by atoms with van der Waals surface area (Å²) in [4.78, 5) is 44.5. The molecule has 2 aliphatic heterocycles. The molecule has 4 aromatic rings. The maximum absolute atomic E-state index is 13.2. The van der Waals surface area contributed by atoms with Crippen molar-refractivity contribution in [1.29, 1.82) is 0 Å². The third kappa shape index (κ3) is 5.06. The number of anilines is 2. The smallest absolute Gasteiger partial charge is 0.408 e. The molecule has 0 saturated carbocycles. The summed E-state index contributed by atoms with van der Waals surface area (Å²) in [6.07, 6.45) is 0.331. The Hall–Kier alpha value is -4.34. The molecule has 6 rings (SSSR count). The molecule has 9 nitrogen and oxygen atoms in total. The number of aromatic amines is 1. The van der Waals surface area contributed by atoms with E-state index in [2.05, 4.69) is 27.6 Å². The highest BCUT2D eigenvalue weighted by atomic mass is 35.5. The molecule has 0 bridgehead atoms. The van der Waals surface area contributed by atoms with Crippen LogP contribution in [-0.2, 0) is 16.0 Å². The molecular formula is C29H26ClN5O4. The average molecular weight is 544 g/mol. The first-order valence-electron chi connectivity index (χ1n) is 12.6. The van der Waals surface area contributed by atoms with E-state index in [1.54, 1.807) is 30.3 Å². The zero-order chi connectivity index (χ0) is 27.1. The van der Waals surface area contributed by atoms with E-state index in [4.69, 9.17) is 16.0 Å². The summed E-state index contributed by atoms with van der Waals surface area (Å²) in [5, 5.41) is 6.80. The van der Waals surface area contributed by atoms with Crippen molar-refractivity contribution in [2.75, 3.05) is 43.9 Å². The summed E-state index contributed by atoms with van der Waals surface area (Å²) < 4.78 is 5.27. The van der Waals surface area contributed by atoms with Gasteiger partial charge in [0.15, 0.2) is 5.58 Å². The fourth-order valence-electron chi connectivity index (χ4n) is 4.97. The zero-order valence-electron chi connectivity index (χ0n) is 21.2. The first-order chi connectivity index (χ1) is 18.8. The summed E-state index contributed by atoms with van der Waals surface area (Å²) in [6, 6.07) is 18.1. The van der Waals surface area contributed by atoms with Crippen molar-refractivity contribution < 1.29 is 14.0 Å². The zero-order valence-corrected chi connectivity index (χ0v) is 22.0. The number of carbonyl (C=O) groups is 2. The highest BCUT2D eigenvalue weighted by Gasteiger charge is 2.29. The van der Waals surface area contributed by atoms with Gasteiger partial charge in [0.25, 0.3) is 5.91 Å². The summed E-state index contributed by atoms with van der Waals surface area (Å²) in [7, 11) is 2.06. The van der Waals surface area contributed by atoms with E-state index in [1.165, 1.54) is 0 Å². The predicted octanol–water partition coefficient (Wildman–Crippen LogP) is 4.02. The highest BCUT2D eigenvalue weighted by Crippen LogP contribution is 2.39. The van der Waals surface area contributed by atoms with Crippen molar-refractivity contribution in [1.82, 2.24) is 14.8 Å². The lowest BCUT2D eigenvalue weighted by Gasteiger charge is -2.32. The molecule has 39 heavy (non-hydrogen) atoms. The standard InChI is InChI=1S/C29H26ClN5O4/c1-34-10-12-35(13-11-34)25(36)14-17-2-6-20(7-3-17)31-27(18-4-9-22-24(15-18)39-29(38)33-22)26-21-8-5-19(30)16-23(21)32-28(26)37/h2-9,15-16,31H,10-14H2,1H3,(H,32,37)(H,33,38)/b27-26-. The maximum Gasteiger partial charge on any atom is 0.417 e. The first-order valence-corrected chi connectivity index (χ1v) is 13.0. The van der Waals surface area contributed by atoms with Crippen LogP contribution in [0, 0.1) is 0 Å². The van der Waals surface area contributed by atoms with Crippen LogP contribution in [0.15, 0.2) is 69.9 Å². The van der Waals surface area contributed by atoms with Gasteiger partial charge in [-0.05, 0) is 49.0 Å². The van der Waals surface area contributed by atoms with Crippen LogP contribution in [0.1, 0.15) is 16.7 Å². The molecule has 3 N–H and O–H groups in total. The van der Waals surface area contributed by atoms with Crippen molar-refractivity contribution in [3.63, 3.8) is 0 Å². The van der Waals surface area contributed by atoms with Crippen LogP contribution in [0.2, 0.25) is 5.02 Å². The van der Waals surface area contributed by atoms with E-state index in [0.717, 1.165) is 37.4 Å². The second-order valence-corrected chi connectivity index (χ2v) is 10.2. The van der Waals surface area contributed by atoms with Gasteiger partial charge < -0.3 is 24.9 Å². The molecule has 1 aromatic heterocycles. The lowest BCUT2D eigenvalue weighted by molar-refractivity contribution is -0.132. The summed E-state index contributed by atoms with van der Waals surface area (Å²) in [6.45, 7) is 3.25. The molecule has 2 aliphatic rings. The number of hydrogen-bond acceptors (Lipinski definition) is 6. The normalized spacial score (nSPS) is 16.8. The van der Waals surface area contributed by atoms with Gasteiger partial charge >= 0.3 is 5.76 Å². The number of rotatable bonds is 5. The van der Waals surface area contributed by atoms with E-state index < -0.39 is 5.76 Å². The second kappa shape index (κ2) is 10.1. The number of nitrogens with zero attached hydrogens (tertiary/aromatic N) is 2. The topological polar surface area (TPSA) is 111 Å². The Balaban J connectivity index is 1.33. The van der Waals surface area contributed by atoms with Crippen molar-refractivity contribution in [3.05, 3.63) is 92.9 Å². The number of hydrogen-bond donors (Lipinski definition) is 3. The Morgan fingerprint density at radius 2 is 1.77 bits per heavy atom. The Morgan fingerprint density at radius 3 is 2.54 bits per heavy atom. The van der Waals surface area contributed by atoms with Crippen LogP contribution in [-0.4, -0.2) is 59.8 Å². The fourth-order valence-corrected chi connectivity index (χ4v) is 5.14. The molecular weight excluding hydrogens is 518 g/mol. The number of nitrogens with one attached hydrogen (secondary N) is 3. The lowest BCUT2D eigenvalue weighted by atomic mass is 9.99. The predicted molar refractivity (Wildman–Crippen MR) is 152 cm³/mol. The largest absolute Gasteiger partial charge is 0.417 e. The Labute approximate surface area is 229 Å². The number of fused-ring (bicyclic) bond motifs is 2. The molecule has 1 fully saturated rings. The van der Waals surface area contributed by atoms with Crippen molar-refractivity contribution >= 4 is 57.2 Å². The third-order valence-corrected chi connectivity index (χ3v) is 7.36. The highest BCUT2D eigenvalue weighted by molar-refractivity contribution is 6.38. The molecule has 3 heterocycles. The van der Waals surface area contributed by atoms with Gasteiger partial charge in [0.05, 0.1) is 28.9 Å². The number of halogens is 1. The number of benzene rings is 3. The van der Waals surface area contributed by atoms with Gasteiger partial charge in [-0.25, -0.2) is 4.79 Å². The number of aromatic nitrogens is 1. The average Bonchev–Trinajstić information content (AvgIpc) is 3.45. The molecule has 10 heteroatoms. The van der Waals surface area contributed by atoms with Crippen LogP contribution in [0.4, 0.5) is 11.4 Å². The molecule has 1 saturated heterocycles. The molecule has 0 unspecified atom stereocenters. The van der Waals surface area contributed by atoms with Gasteiger partial charge in [-0.3, -0.25) is 14.6 Å². The van der Waals surface area contributed by atoms with Crippen LogP contribution in [0.3, 0.4) is 0 Å². The third-order valence-electron chi connectivity index (χ3n) is 7.12. The second-order valence-electron chi connectivity index (χ2n) is 9.80. The maximum atomic E-state index is 13.2. The molecule has 0 radical (unpaired) electrons. The van der Waals surface area contributed by atoms with Gasteiger partial charge in [-0.2, -0.15) is 0 Å². The molecule has 198 valence electrons. The summed E-state index contributed by atoms with van der Waals surface area (Å²) in [5.41, 5.74) is 5.55. The number of piperazine rings is 1. The van der Waals surface area contributed by atoms with Gasteiger partial charge in [0, 0.05) is 48.0 Å². The van der Waals surface area contributed by atoms with E-state index in [-0.39, 0.29) is 11.8 Å². The monoisotopic (exact) mass is 543 g/mol. The molecule has 0 aliphatic carbocycles. The first kappa shape index (κ1) is 25.0. The minimum Gasteiger partial charge on any atom is -0.408 e. The van der Waals surface area contributed by atoms with Crippen LogP contribution in [0.5, 0.6) is 0 Å². The number of carbonyl (C=O) groups excluding carboxylic acids is 2. The molecule has 2 amide bonds. The van der Waals surface area contributed by atoms with Gasteiger partial charge in [-0.1, -0.05) is 35.9 Å². The summed E-state index contributed by atoms with van der Waals surface area (Å²) in [5.74, 6) is -0.713. The van der Waals surface area contributed by atoms with Gasteiger partial charge in [0.2, 0.25) is 5.91 Å². The van der Waals surface area contributed by atoms with Crippen molar-refractivity contribution in [3.8, 4) is 0 Å². The molecule has 0 spiro atoms. The molecule has 0 atom stereocenters. The summed E-state index contributed by atoms with van der Waals surface area (Å²) >= 11 is 6.16. The number of amides is 2. The Bertz CT molecular complexity index is 1680. The van der Waals surface area contributed by atoms with Gasteiger partial charge in [-0.15, -0.1) is 0 Å². The van der Waals surface area contributed by atoms with Crippen LogP contribution >= 0.6 is 11.6 Å². The number of oxazole rings is 1. The number of likely N-dealkylation sites (N-methyl/N-ethyl adjacent to an activating group) is 1. The fraction of sp³-hybridized carbons (Fsp3) is 0.207. The van der Waals surface area contributed by atoms with E-state index in [0.29, 0.717) is 50.6 Å². The van der Waals surface area contributed by atoms with Crippen molar-refractivity contribution in [2.45, 2.75) is 6.42 Å². The van der Waals surface area contributed by atoms with Gasteiger partial charge in [0.1, 0.15) is 0 Å². The number of H-pyrrole nitrogens is 1. The van der Waals surface area contributed by atoms with E-state index >= 15 is 0 Å². The minimum atomic E-state index is -0.551. The van der Waals surface area contributed by atoms with E-state index in [1.807, 2.05) is 35.2 Å².